The van der Waals surface area contributed by atoms with Gasteiger partial charge in [0, 0.05) is 28.0 Å². The van der Waals surface area contributed by atoms with E-state index in [0.29, 0.717) is 5.82 Å². The summed E-state index contributed by atoms with van der Waals surface area (Å²) in [6, 6.07) is 170. The molecule has 2 heterocycles. The van der Waals surface area contributed by atoms with E-state index in [1.807, 2.05) is 0 Å². The molecule has 0 unspecified atom stereocenters. The van der Waals surface area contributed by atoms with Gasteiger partial charge in [-0.1, -0.05) is 431 Å². The lowest BCUT2D eigenvalue weighted by molar-refractivity contribution is 1.05. The molecule has 0 spiro atoms. The molecule has 19 aromatic rings. The maximum Gasteiger partial charge on any atom is 0.179 e. The molecule has 0 bridgehead atoms. The first kappa shape index (κ1) is 67.6. The molecular weight excluding hydrogens is 1370 g/mol. The molecule has 19 rings (SSSR count). The van der Waals surface area contributed by atoms with Crippen LogP contribution in [0.5, 0.6) is 0 Å². The topological polar surface area (TPSA) is 30.7 Å². The van der Waals surface area contributed by atoms with Crippen LogP contribution in [0, 0.1) is 0 Å². The van der Waals surface area contributed by atoms with E-state index in [1.165, 1.54) is 74.9 Å². The summed E-state index contributed by atoms with van der Waals surface area (Å²) in [4.78, 5) is 11.8. The highest BCUT2D eigenvalue weighted by Crippen LogP contribution is 2.36. The normalized spacial score (nSPS) is 11.6. The number of para-hydroxylation sites is 2. The summed E-state index contributed by atoms with van der Waals surface area (Å²) in [6.45, 7) is 0. The quantitative estimate of drug-likeness (QED) is 0.0633. The number of fused-ring (bicyclic) bond motifs is 3. The number of benzene rings is 17. The van der Waals surface area contributed by atoms with Gasteiger partial charge in [0.15, 0.2) is 22.0 Å². The Labute approximate surface area is 650 Å². The van der Waals surface area contributed by atoms with Crippen LogP contribution in [0.2, 0.25) is 0 Å². The van der Waals surface area contributed by atoms with Crippen molar-refractivity contribution in [3.63, 3.8) is 0 Å². The van der Waals surface area contributed by atoms with E-state index in [-0.39, 0.29) is 0 Å². The minimum Gasteiger partial charge on any atom is -0.294 e. The SMILES string of the molecule is c1ccc(-c2ccc([Si](c3ccc(-c4ccccc4)cc3)(c3ccc(-c4ccccc4)cc3)c3cc(-c4cc(-n5c6ccccc6c6ccccc65)nc(-c5cccc(-c6ccccc6)c5)n4)cc([Si](c4ccc(-c5ccccc5)cc4)(c4ccc(-c5ccccc5)cc4)c4ccc(-c5ccccc5)cc4)c3)cc2)cc1. The Hall–Kier alpha value is -13.9. The third-order valence-electron chi connectivity index (χ3n) is 22.4. The van der Waals surface area contributed by atoms with E-state index < -0.39 is 16.1 Å². The van der Waals surface area contributed by atoms with Crippen molar-refractivity contribution < 1.29 is 0 Å². The van der Waals surface area contributed by atoms with E-state index in [2.05, 4.69) is 460 Å². The molecule has 0 saturated carbocycles. The molecule has 111 heavy (non-hydrogen) atoms. The standard InChI is InChI=1S/C106H75N3Si2/c1-8-27-76(28-9-1)83-47-59-92(60-48-83)110(93-61-49-84(50-62-93)77-29-10-2-11-30-77,94-63-51-85(52-64-94)78-31-12-3-13-32-78)98-72-91(102-75-105(109-103-45-24-22-43-100(103)101-44-23-25-46-104(101)109)108-106(107-102)90-42-26-41-89(71-90)82-39-20-7-21-40-82)73-99(74-98)111(95-65-53-86(54-66-95)79-33-14-4-15-34-79,96-67-55-87(56-68-96)80-35-16-5-17-36-80)97-69-57-88(58-70-97)81-37-18-6-19-38-81/h1-75H. The molecule has 0 atom stereocenters. The van der Waals surface area contributed by atoms with Crippen molar-refractivity contribution >= 4 is 79.4 Å². The molecule has 3 nitrogen and oxygen atoms in total. The van der Waals surface area contributed by atoms with Crippen LogP contribution in [-0.4, -0.2) is 30.7 Å². The molecule has 0 saturated heterocycles. The molecule has 2 aromatic heterocycles. The fourth-order valence-corrected chi connectivity index (χ4v) is 26.6. The summed E-state index contributed by atoms with van der Waals surface area (Å²) in [6.07, 6.45) is 0. The van der Waals surface area contributed by atoms with Gasteiger partial charge < -0.3 is 0 Å². The number of hydrogen-bond donors (Lipinski definition) is 0. The van der Waals surface area contributed by atoms with Gasteiger partial charge in [-0.05, 0) is 138 Å². The molecule has 5 heteroatoms. The molecule has 17 aromatic carbocycles. The van der Waals surface area contributed by atoms with Gasteiger partial charge in [-0.3, -0.25) is 4.57 Å². The summed E-state index contributed by atoms with van der Waals surface area (Å²) < 4.78 is 2.36. The summed E-state index contributed by atoms with van der Waals surface area (Å²) in [5.74, 6) is 1.39. The number of hydrogen-bond acceptors (Lipinski definition) is 2. The Balaban J connectivity index is 0.978. The predicted octanol–water partition coefficient (Wildman–Crippen LogP) is 21.3. The predicted molar refractivity (Wildman–Crippen MR) is 473 cm³/mol. The van der Waals surface area contributed by atoms with Gasteiger partial charge in [0.2, 0.25) is 0 Å². The summed E-state index contributed by atoms with van der Waals surface area (Å²) in [5, 5.41) is 12.2. The largest absolute Gasteiger partial charge is 0.294 e. The lowest BCUT2D eigenvalue weighted by Crippen LogP contribution is -2.78. The van der Waals surface area contributed by atoms with Crippen molar-refractivity contribution in [1.29, 1.82) is 0 Å². The molecule has 522 valence electrons. The zero-order chi connectivity index (χ0) is 73.9. The van der Waals surface area contributed by atoms with E-state index in [1.54, 1.807) is 0 Å². The van der Waals surface area contributed by atoms with Gasteiger partial charge in [-0.2, -0.15) is 0 Å². The van der Waals surface area contributed by atoms with Crippen molar-refractivity contribution in [2.24, 2.45) is 0 Å². The van der Waals surface area contributed by atoms with E-state index in [0.717, 1.165) is 89.0 Å². The number of aromatic nitrogens is 3. The van der Waals surface area contributed by atoms with Crippen molar-refractivity contribution in [3.8, 4) is 106 Å². The Bertz CT molecular complexity index is 5730. The fourth-order valence-electron chi connectivity index (χ4n) is 16.9. The minimum atomic E-state index is -3.70. The van der Waals surface area contributed by atoms with Crippen LogP contribution in [-0.2, 0) is 0 Å². The van der Waals surface area contributed by atoms with Crippen LogP contribution in [0.3, 0.4) is 0 Å². The summed E-state index contributed by atoms with van der Waals surface area (Å²) in [5.41, 5.74) is 20.9. The Kier molecular flexibility index (Phi) is 18.1. The molecule has 0 aliphatic rings. The van der Waals surface area contributed by atoms with Crippen LogP contribution in [0.15, 0.2) is 455 Å². The molecule has 0 fully saturated rings. The average molecular weight is 1450 g/mol. The smallest absolute Gasteiger partial charge is 0.179 e. The second-order valence-electron chi connectivity index (χ2n) is 28.7. The van der Waals surface area contributed by atoms with Crippen LogP contribution < -0.4 is 41.5 Å². The maximum atomic E-state index is 6.04. The van der Waals surface area contributed by atoms with E-state index in [9.17, 15) is 0 Å². The fraction of sp³-hybridized carbons (Fsp3) is 0. The van der Waals surface area contributed by atoms with Gasteiger partial charge in [-0.15, -0.1) is 0 Å². The minimum absolute atomic E-state index is 0.620. The van der Waals surface area contributed by atoms with Crippen molar-refractivity contribution in [2.45, 2.75) is 0 Å². The highest BCUT2D eigenvalue weighted by atomic mass is 28.3. The average Bonchev–Trinajstić information content (AvgIpc) is 0.845. The molecule has 0 aliphatic carbocycles. The summed E-state index contributed by atoms with van der Waals surface area (Å²) >= 11 is 0. The highest BCUT2D eigenvalue weighted by Gasteiger charge is 2.47. The lowest BCUT2D eigenvalue weighted by Gasteiger charge is -2.39. The van der Waals surface area contributed by atoms with Gasteiger partial charge in [0.25, 0.3) is 0 Å². The molecule has 0 aliphatic heterocycles. The Morgan fingerprint density at radius 3 is 0.703 bits per heavy atom. The van der Waals surface area contributed by atoms with Crippen LogP contribution in [0.1, 0.15) is 0 Å². The Morgan fingerprint density at radius 2 is 0.405 bits per heavy atom. The van der Waals surface area contributed by atoms with Crippen LogP contribution in [0.4, 0.5) is 0 Å². The van der Waals surface area contributed by atoms with Crippen LogP contribution >= 0.6 is 0 Å². The van der Waals surface area contributed by atoms with Gasteiger partial charge in [-0.25, -0.2) is 9.97 Å². The first-order chi connectivity index (χ1) is 55.0. The molecule has 0 amide bonds. The zero-order valence-electron chi connectivity index (χ0n) is 61.1. The molecule has 0 radical (unpaired) electrons. The number of rotatable bonds is 18. The molecular formula is C106H75N3Si2. The first-order valence-corrected chi connectivity index (χ1v) is 42.2. The van der Waals surface area contributed by atoms with Gasteiger partial charge >= 0.3 is 0 Å². The van der Waals surface area contributed by atoms with Crippen molar-refractivity contribution in [1.82, 2.24) is 14.5 Å². The van der Waals surface area contributed by atoms with E-state index >= 15 is 0 Å². The maximum absolute atomic E-state index is 6.04. The van der Waals surface area contributed by atoms with Crippen molar-refractivity contribution in [3.05, 3.63) is 455 Å². The van der Waals surface area contributed by atoms with Gasteiger partial charge in [0.05, 0.1) is 16.7 Å². The monoisotopic (exact) mass is 1450 g/mol. The van der Waals surface area contributed by atoms with Crippen molar-refractivity contribution in [2.75, 3.05) is 0 Å². The third-order valence-corrected chi connectivity index (χ3v) is 31.9. The van der Waals surface area contributed by atoms with Crippen LogP contribution in [0.25, 0.3) is 128 Å². The Morgan fingerprint density at radius 1 is 0.162 bits per heavy atom. The van der Waals surface area contributed by atoms with E-state index in [4.69, 9.17) is 9.97 Å². The summed E-state index contributed by atoms with van der Waals surface area (Å²) in [7, 11) is -7.39. The molecule has 0 N–H and O–H groups in total. The third kappa shape index (κ3) is 12.8. The lowest BCUT2D eigenvalue weighted by atomic mass is 10.0. The second-order valence-corrected chi connectivity index (χ2v) is 36.3. The first-order valence-electron chi connectivity index (χ1n) is 38.2. The zero-order valence-corrected chi connectivity index (χ0v) is 63.1. The second kappa shape index (κ2) is 29.7. The highest BCUT2D eigenvalue weighted by molar-refractivity contribution is 7.22. The van der Waals surface area contributed by atoms with Gasteiger partial charge in [0.1, 0.15) is 5.82 Å². The number of nitrogens with zero attached hydrogens (tertiary/aromatic N) is 3.